The fourth-order valence-electron chi connectivity index (χ4n) is 4.22. The molecule has 0 radical (unpaired) electrons. The summed E-state index contributed by atoms with van der Waals surface area (Å²) in [6, 6.07) is 1.13. The fourth-order valence-corrected chi connectivity index (χ4v) is 5.40. The first-order chi connectivity index (χ1) is 14.1. The Balaban J connectivity index is 0. The summed E-state index contributed by atoms with van der Waals surface area (Å²) in [4.78, 5) is 0. The van der Waals surface area contributed by atoms with E-state index in [4.69, 9.17) is 8.85 Å². The van der Waals surface area contributed by atoms with Crippen molar-refractivity contribution >= 4 is 9.28 Å². The van der Waals surface area contributed by atoms with Gasteiger partial charge in [-0.25, -0.2) is 0 Å². The largest absolute Gasteiger partial charge is 1.00 e. The maximum atomic E-state index is 5.42. The van der Waals surface area contributed by atoms with Crippen LogP contribution in [0.25, 0.3) is 0 Å². The highest BCUT2D eigenvalue weighted by Gasteiger charge is 2.16. The van der Waals surface area contributed by atoms with Crippen LogP contribution in [0.5, 0.6) is 0 Å². The normalized spacial score (nSPS) is 11.8. The Bertz CT molecular complexity index is 328. The maximum Gasteiger partial charge on any atom is 0.321 e. The van der Waals surface area contributed by atoms with Crippen LogP contribution in [-0.4, -0.2) is 55.2 Å². The minimum Gasteiger partial charge on any atom is -1.00 e. The van der Waals surface area contributed by atoms with Crippen LogP contribution >= 0.6 is 0 Å². The van der Waals surface area contributed by atoms with E-state index in [0.29, 0.717) is 0 Å². The second-order valence-corrected chi connectivity index (χ2v) is 12.1. The lowest BCUT2D eigenvalue weighted by Crippen LogP contribution is -3.00. The van der Waals surface area contributed by atoms with Crippen molar-refractivity contribution in [2.24, 2.45) is 0 Å². The predicted molar refractivity (Wildman–Crippen MR) is 132 cm³/mol. The topological polar surface area (TPSA) is 18.5 Å². The van der Waals surface area contributed by atoms with Gasteiger partial charge in [-0.2, -0.15) is 0 Å². The number of nitrogens with zero attached hydrogens (tertiary/aromatic N) is 1. The Labute approximate surface area is 198 Å². The Morgan fingerprint density at radius 2 is 0.867 bits per heavy atom. The zero-order valence-electron chi connectivity index (χ0n) is 21.4. The summed E-state index contributed by atoms with van der Waals surface area (Å²) in [6.07, 6.45) is 24.3. The van der Waals surface area contributed by atoms with Gasteiger partial charge in [-0.1, -0.05) is 96.8 Å². The number of hydrogen-bond acceptors (Lipinski definition) is 2. The molecule has 0 aromatic carbocycles. The molecular formula is C25H56ClNO2Si. The first-order valence-corrected chi connectivity index (χ1v) is 14.7. The molecule has 0 aliphatic heterocycles. The van der Waals surface area contributed by atoms with E-state index in [1.165, 1.54) is 122 Å². The molecule has 0 spiro atoms. The Morgan fingerprint density at radius 3 is 1.23 bits per heavy atom. The van der Waals surface area contributed by atoms with E-state index in [1.807, 2.05) is 0 Å². The van der Waals surface area contributed by atoms with Gasteiger partial charge in [0.2, 0.25) is 0 Å². The summed E-state index contributed by atoms with van der Waals surface area (Å²) in [6.45, 7) is 4.85. The second-order valence-electron chi connectivity index (χ2n) is 9.73. The van der Waals surface area contributed by atoms with E-state index in [0.717, 1.165) is 10.5 Å². The molecule has 0 aliphatic rings. The van der Waals surface area contributed by atoms with Gasteiger partial charge in [-0.15, -0.1) is 0 Å². The average Bonchev–Trinajstić information content (AvgIpc) is 2.71. The first-order valence-electron chi connectivity index (χ1n) is 12.9. The van der Waals surface area contributed by atoms with Crippen molar-refractivity contribution in [3.63, 3.8) is 0 Å². The van der Waals surface area contributed by atoms with Crippen molar-refractivity contribution in [3.05, 3.63) is 0 Å². The Hall–Kier alpha value is 0.387. The quantitative estimate of drug-likeness (QED) is 0.128. The molecule has 30 heavy (non-hydrogen) atoms. The summed E-state index contributed by atoms with van der Waals surface area (Å²) in [5, 5.41) is 0. The molecule has 0 bridgehead atoms. The van der Waals surface area contributed by atoms with Crippen molar-refractivity contribution in [2.45, 2.75) is 122 Å². The van der Waals surface area contributed by atoms with Crippen LogP contribution in [0.4, 0.5) is 0 Å². The van der Waals surface area contributed by atoms with E-state index in [9.17, 15) is 0 Å². The molecule has 0 aromatic rings. The van der Waals surface area contributed by atoms with Gasteiger partial charge in [-0.3, -0.25) is 0 Å². The average molecular weight is 466 g/mol. The predicted octanol–water partition coefficient (Wildman–Crippen LogP) is 4.23. The molecule has 0 saturated carbocycles. The molecule has 0 rings (SSSR count). The molecule has 0 aromatic heterocycles. The highest BCUT2D eigenvalue weighted by molar-refractivity contribution is 6.44. The highest BCUT2D eigenvalue weighted by atomic mass is 35.5. The number of quaternary nitrogens is 1. The zero-order valence-corrected chi connectivity index (χ0v) is 23.3. The third kappa shape index (κ3) is 23.1. The smallest absolute Gasteiger partial charge is 0.321 e. The van der Waals surface area contributed by atoms with Crippen molar-refractivity contribution in [1.82, 2.24) is 0 Å². The first kappa shape index (κ1) is 32.6. The van der Waals surface area contributed by atoms with Crippen LogP contribution in [-0.2, 0) is 8.85 Å². The summed E-state index contributed by atoms with van der Waals surface area (Å²) in [5.74, 6) is 0. The van der Waals surface area contributed by atoms with Gasteiger partial charge in [0, 0.05) is 14.2 Å². The molecule has 0 N–H and O–H groups in total. The van der Waals surface area contributed by atoms with Gasteiger partial charge in [-0.05, 0) is 25.3 Å². The molecule has 0 amide bonds. The second kappa shape index (κ2) is 24.0. The van der Waals surface area contributed by atoms with E-state index < -0.39 is 9.28 Å². The summed E-state index contributed by atoms with van der Waals surface area (Å²) < 4.78 is 12.0. The van der Waals surface area contributed by atoms with Crippen LogP contribution in [0.1, 0.15) is 116 Å². The molecule has 0 heterocycles. The van der Waals surface area contributed by atoms with Gasteiger partial charge in [0.15, 0.2) is 0 Å². The zero-order chi connectivity index (χ0) is 21.6. The van der Waals surface area contributed by atoms with Crippen LogP contribution in [0.3, 0.4) is 0 Å². The van der Waals surface area contributed by atoms with Crippen LogP contribution in [0, 0.1) is 0 Å². The van der Waals surface area contributed by atoms with Crippen LogP contribution in [0.2, 0.25) is 6.04 Å². The molecule has 0 aliphatic carbocycles. The number of unbranched alkanes of at least 4 members (excludes halogenated alkanes) is 15. The number of halogens is 1. The summed E-state index contributed by atoms with van der Waals surface area (Å²) >= 11 is 0. The Kier molecular flexibility index (Phi) is 26.1. The number of hydrogen-bond donors (Lipinski definition) is 0. The van der Waals surface area contributed by atoms with E-state index in [2.05, 4.69) is 21.0 Å². The molecule has 184 valence electrons. The maximum absolute atomic E-state index is 5.42. The lowest BCUT2D eigenvalue weighted by Gasteiger charge is -2.30. The molecule has 0 saturated heterocycles. The third-order valence-electron chi connectivity index (χ3n) is 6.35. The molecule has 5 heteroatoms. The van der Waals surface area contributed by atoms with E-state index in [1.54, 1.807) is 14.2 Å². The monoisotopic (exact) mass is 465 g/mol. The molecule has 3 nitrogen and oxygen atoms in total. The van der Waals surface area contributed by atoms with Crippen molar-refractivity contribution in [2.75, 3.05) is 41.4 Å². The van der Waals surface area contributed by atoms with Gasteiger partial charge in [0.05, 0.1) is 27.2 Å². The highest BCUT2D eigenvalue weighted by Crippen LogP contribution is 2.14. The van der Waals surface area contributed by atoms with Gasteiger partial charge < -0.3 is 25.7 Å². The van der Waals surface area contributed by atoms with Gasteiger partial charge in [0.1, 0.15) is 0 Å². The minimum atomic E-state index is -1.36. The Morgan fingerprint density at radius 1 is 0.533 bits per heavy atom. The van der Waals surface area contributed by atoms with Crippen molar-refractivity contribution < 1.29 is 25.7 Å². The van der Waals surface area contributed by atoms with Crippen molar-refractivity contribution in [1.29, 1.82) is 0 Å². The summed E-state index contributed by atoms with van der Waals surface area (Å²) in [5.41, 5.74) is 0. The van der Waals surface area contributed by atoms with E-state index in [-0.39, 0.29) is 12.4 Å². The third-order valence-corrected chi connectivity index (χ3v) is 8.28. The molecular weight excluding hydrogens is 410 g/mol. The molecule has 0 atom stereocenters. The van der Waals surface area contributed by atoms with E-state index >= 15 is 0 Å². The van der Waals surface area contributed by atoms with Gasteiger partial charge >= 0.3 is 9.28 Å². The van der Waals surface area contributed by atoms with Crippen LogP contribution in [0.15, 0.2) is 0 Å². The molecule has 0 unspecified atom stereocenters. The number of rotatable bonds is 23. The molecule has 0 fully saturated rings. The SMILES string of the molecule is CCCCCCCCCCCCCCCCCC[N+](C)(C)CCC[SiH](OC)OC.[Cl-]. The lowest BCUT2D eigenvalue weighted by atomic mass is 10.0. The lowest BCUT2D eigenvalue weighted by molar-refractivity contribution is -0.890. The summed E-state index contributed by atoms with van der Waals surface area (Å²) in [7, 11) is 6.97. The van der Waals surface area contributed by atoms with Gasteiger partial charge in [0.25, 0.3) is 0 Å². The van der Waals surface area contributed by atoms with Crippen molar-refractivity contribution in [3.8, 4) is 0 Å². The minimum absolute atomic E-state index is 0. The standard InChI is InChI=1S/C25H56NO2Si.ClH/c1-6-7-8-9-10-11-12-13-14-15-16-17-18-19-20-21-23-26(2,3)24-22-25-29(27-4)28-5;/h29H,6-25H2,1-5H3;1H/q+1;/p-1. The van der Waals surface area contributed by atoms with Crippen LogP contribution < -0.4 is 12.4 Å². The fraction of sp³-hybridized carbons (Fsp3) is 1.00.